The van der Waals surface area contributed by atoms with Gasteiger partial charge in [-0.05, 0) is 25.8 Å². The van der Waals surface area contributed by atoms with E-state index in [2.05, 4.69) is 40.0 Å². The number of likely N-dealkylation sites (tertiary alicyclic amines) is 1. The Balaban J connectivity index is 0.00000300. The predicted octanol–water partition coefficient (Wildman–Crippen LogP) is 2.75. The molecule has 3 heterocycles. The average Bonchev–Trinajstić information content (AvgIpc) is 3.23. The molecular weight excluding hydrogens is 481 g/mol. The number of guanidine groups is 1. The lowest BCUT2D eigenvalue weighted by molar-refractivity contribution is 0.0195. The van der Waals surface area contributed by atoms with Crippen molar-refractivity contribution in [1.29, 1.82) is 0 Å². The maximum Gasteiger partial charge on any atom is 0.218 e. The summed E-state index contributed by atoms with van der Waals surface area (Å²) in [5.41, 5.74) is 1.04. The van der Waals surface area contributed by atoms with E-state index in [4.69, 9.17) is 14.5 Å². The van der Waals surface area contributed by atoms with Crippen molar-refractivity contribution < 1.29 is 9.47 Å². The summed E-state index contributed by atoms with van der Waals surface area (Å²) >= 11 is 0. The summed E-state index contributed by atoms with van der Waals surface area (Å²) in [5, 5.41) is 3.46. The number of pyridine rings is 1. The predicted molar refractivity (Wildman–Crippen MR) is 127 cm³/mol. The number of nitrogens with zero attached hydrogens (tertiary/aromatic N) is 4. The lowest BCUT2D eigenvalue weighted by atomic mass is 10.2. The van der Waals surface area contributed by atoms with Crippen LogP contribution < -0.4 is 10.1 Å². The molecule has 0 aromatic carbocycles. The second kappa shape index (κ2) is 13.2. The molecule has 2 saturated heterocycles. The number of morpholine rings is 1. The van der Waals surface area contributed by atoms with Crippen LogP contribution in [0.3, 0.4) is 0 Å². The topological polar surface area (TPSA) is 62.2 Å². The van der Waals surface area contributed by atoms with Crippen LogP contribution in [0.25, 0.3) is 0 Å². The highest BCUT2D eigenvalue weighted by molar-refractivity contribution is 14.0. The number of nitrogens with one attached hydrogen (secondary N) is 1. The number of halogens is 1. The minimum atomic E-state index is 0. The van der Waals surface area contributed by atoms with Crippen LogP contribution in [0.4, 0.5) is 0 Å². The number of aromatic nitrogens is 1. The van der Waals surface area contributed by atoms with Gasteiger partial charge >= 0.3 is 0 Å². The highest BCUT2D eigenvalue weighted by atomic mass is 127. The van der Waals surface area contributed by atoms with Gasteiger partial charge in [0.1, 0.15) is 0 Å². The van der Waals surface area contributed by atoms with E-state index in [0.717, 1.165) is 70.3 Å². The Morgan fingerprint density at radius 1 is 1.31 bits per heavy atom. The van der Waals surface area contributed by atoms with Crippen LogP contribution in [0.2, 0.25) is 0 Å². The van der Waals surface area contributed by atoms with Crippen molar-refractivity contribution in [3.05, 3.63) is 23.9 Å². The summed E-state index contributed by atoms with van der Waals surface area (Å²) in [5.74, 6) is 1.70. The molecule has 1 atom stereocenters. The highest BCUT2D eigenvalue weighted by Crippen LogP contribution is 2.19. The molecule has 0 spiro atoms. The second-order valence-corrected chi connectivity index (χ2v) is 7.38. The molecule has 0 bridgehead atoms. The molecule has 2 aliphatic heterocycles. The van der Waals surface area contributed by atoms with Gasteiger partial charge in [-0.25, -0.2) is 9.98 Å². The number of rotatable bonds is 8. The first-order chi connectivity index (χ1) is 13.8. The van der Waals surface area contributed by atoms with Crippen molar-refractivity contribution in [2.75, 3.05) is 52.5 Å². The Labute approximate surface area is 192 Å². The fourth-order valence-electron chi connectivity index (χ4n) is 3.75. The van der Waals surface area contributed by atoms with Crippen LogP contribution >= 0.6 is 24.0 Å². The van der Waals surface area contributed by atoms with Gasteiger partial charge in [0.05, 0.1) is 26.4 Å². The third-order valence-corrected chi connectivity index (χ3v) is 5.35. The number of hydrogen-bond donors (Lipinski definition) is 1. The molecule has 1 aromatic rings. The number of unbranched alkanes of at least 4 members (excludes halogenated alkanes) is 1. The zero-order valence-electron chi connectivity index (χ0n) is 17.8. The van der Waals surface area contributed by atoms with Crippen LogP contribution in [0.15, 0.2) is 23.3 Å². The van der Waals surface area contributed by atoms with E-state index in [1.165, 1.54) is 6.42 Å². The third-order valence-electron chi connectivity index (χ3n) is 5.35. The van der Waals surface area contributed by atoms with E-state index < -0.39 is 0 Å². The summed E-state index contributed by atoms with van der Waals surface area (Å²) < 4.78 is 11.4. The molecule has 164 valence electrons. The van der Waals surface area contributed by atoms with E-state index >= 15 is 0 Å². The van der Waals surface area contributed by atoms with Gasteiger partial charge < -0.3 is 19.7 Å². The molecule has 0 saturated carbocycles. The summed E-state index contributed by atoms with van der Waals surface area (Å²) in [6.45, 7) is 12.3. The smallest absolute Gasteiger partial charge is 0.218 e. The lowest BCUT2D eigenvalue weighted by Gasteiger charge is -2.32. The van der Waals surface area contributed by atoms with Gasteiger partial charge in [-0.2, -0.15) is 0 Å². The van der Waals surface area contributed by atoms with E-state index in [0.29, 0.717) is 25.1 Å². The minimum Gasteiger partial charge on any atom is -0.477 e. The molecule has 1 aromatic heterocycles. The van der Waals surface area contributed by atoms with E-state index in [1.54, 1.807) is 6.20 Å². The molecule has 0 aliphatic carbocycles. The van der Waals surface area contributed by atoms with Crippen molar-refractivity contribution >= 4 is 29.9 Å². The lowest BCUT2D eigenvalue weighted by Crippen LogP contribution is -2.46. The van der Waals surface area contributed by atoms with E-state index in [1.807, 2.05) is 6.07 Å². The van der Waals surface area contributed by atoms with Crippen LogP contribution in [0, 0.1) is 0 Å². The first-order valence-corrected chi connectivity index (χ1v) is 10.7. The maximum atomic E-state index is 5.86. The molecule has 2 fully saturated rings. The van der Waals surface area contributed by atoms with Gasteiger partial charge in [-0.1, -0.05) is 19.4 Å². The maximum absolute atomic E-state index is 5.86. The van der Waals surface area contributed by atoms with Gasteiger partial charge in [-0.15, -0.1) is 24.0 Å². The molecule has 8 heteroatoms. The first-order valence-electron chi connectivity index (χ1n) is 10.7. The Kier molecular flexibility index (Phi) is 11.0. The average molecular weight is 517 g/mol. The Morgan fingerprint density at radius 3 is 2.90 bits per heavy atom. The van der Waals surface area contributed by atoms with Gasteiger partial charge in [0.15, 0.2) is 5.96 Å². The second-order valence-electron chi connectivity index (χ2n) is 7.38. The molecule has 7 nitrogen and oxygen atoms in total. The monoisotopic (exact) mass is 517 g/mol. The summed E-state index contributed by atoms with van der Waals surface area (Å²) in [6, 6.07) is 4.61. The minimum absolute atomic E-state index is 0. The van der Waals surface area contributed by atoms with Crippen molar-refractivity contribution in [1.82, 2.24) is 20.1 Å². The van der Waals surface area contributed by atoms with Gasteiger partial charge in [0.25, 0.3) is 0 Å². The molecule has 3 rings (SSSR count). The van der Waals surface area contributed by atoms with Gasteiger partial charge in [-0.3, -0.25) is 4.90 Å². The van der Waals surface area contributed by atoms with Crippen molar-refractivity contribution in [3.8, 4) is 5.88 Å². The van der Waals surface area contributed by atoms with Crippen LogP contribution in [-0.2, 0) is 11.3 Å². The quantitative estimate of drug-likeness (QED) is 0.248. The largest absolute Gasteiger partial charge is 0.477 e. The molecule has 0 radical (unpaired) electrons. The first kappa shape index (κ1) is 24.1. The van der Waals surface area contributed by atoms with Gasteiger partial charge in [0, 0.05) is 50.5 Å². The zero-order valence-corrected chi connectivity index (χ0v) is 20.1. The summed E-state index contributed by atoms with van der Waals surface area (Å²) in [4.78, 5) is 14.3. The fraction of sp³-hybridized carbons (Fsp3) is 0.714. The number of hydrogen-bond acceptors (Lipinski definition) is 5. The molecule has 1 unspecified atom stereocenters. The van der Waals surface area contributed by atoms with E-state index in [9.17, 15) is 0 Å². The molecule has 29 heavy (non-hydrogen) atoms. The molecule has 2 aliphatic rings. The van der Waals surface area contributed by atoms with Crippen molar-refractivity contribution in [2.45, 2.75) is 45.7 Å². The standard InChI is InChI=1S/C21H35N5O2.HI/c1-3-5-13-28-20-18(7-6-9-23-20)16-24-21(22-4-2)26-10-8-19(17-26)25-11-14-27-15-12-25;/h6-7,9,19H,3-5,8,10-17H2,1-2H3,(H,22,24);1H. The third kappa shape index (κ3) is 7.25. The van der Waals surface area contributed by atoms with Crippen molar-refractivity contribution in [2.24, 2.45) is 4.99 Å². The SMILES string of the molecule is CCCCOc1ncccc1CN=C(NCC)N1CCC(N2CCOCC2)C1.I. The summed E-state index contributed by atoms with van der Waals surface area (Å²) in [7, 11) is 0. The number of aliphatic imine (C=N–C) groups is 1. The zero-order chi connectivity index (χ0) is 19.6. The van der Waals surface area contributed by atoms with Crippen LogP contribution in [-0.4, -0.2) is 79.3 Å². The Hall–Kier alpha value is -1.13. The Morgan fingerprint density at radius 2 is 2.14 bits per heavy atom. The van der Waals surface area contributed by atoms with Crippen molar-refractivity contribution in [3.63, 3.8) is 0 Å². The number of ether oxygens (including phenoxy) is 2. The summed E-state index contributed by atoms with van der Waals surface area (Å²) in [6.07, 6.45) is 5.12. The van der Waals surface area contributed by atoms with Gasteiger partial charge in [0.2, 0.25) is 5.88 Å². The molecular formula is C21H36IN5O2. The molecule has 1 N–H and O–H groups in total. The Bertz CT molecular complexity index is 625. The van der Waals surface area contributed by atoms with E-state index in [-0.39, 0.29) is 24.0 Å². The van der Waals surface area contributed by atoms with Crippen LogP contribution in [0.5, 0.6) is 5.88 Å². The highest BCUT2D eigenvalue weighted by Gasteiger charge is 2.30. The van der Waals surface area contributed by atoms with Crippen LogP contribution in [0.1, 0.15) is 38.7 Å². The molecule has 0 amide bonds. The fourth-order valence-corrected chi connectivity index (χ4v) is 3.75. The normalized spacial score (nSPS) is 20.4.